The van der Waals surface area contributed by atoms with Crippen LogP contribution in [0.25, 0.3) is 0 Å². The quantitative estimate of drug-likeness (QED) is 0.889. The summed E-state index contributed by atoms with van der Waals surface area (Å²) in [6.07, 6.45) is 0. The van der Waals surface area contributed by atoms with E-state index in [2.05, 4.69) is 36.5 Å². The van der Waals surface area contributed by atoms with Crippen LogP contribution in [0.1, 0.15) is 47.7 Å². The molecular formula is C19H22N2O. The van der Waals surface area contributed by atoms with Crippen LogP contribution in [0.2, 0.25) is 0 Å². The summed E-state index contributed by atoms with van der Waals surface area (Å²) in [7, 11) is 0. The first-order valence-corrected chi connectivity index (χ1v) is 7.60. The molecule has 2 aromatic rings. The summed E-state index contributed by atoms with van der Waals surface area (Å²) in [6.45, 7) is 8.01. The van der Waals surface area contributed by atoms with E-state index in [4.69, 9.17) is 5.73 Å². The fraction of sp³-hybridized carbons (Fsp3) is 0.316. The van der Waals surface area contributed by atoms with Gasteiger partial charge in [0.25, 0.3) is 0 Å². The van der Waals surface area contributed by atoms with Crippen molar-refractivity contribution < 1.29 is 4.79 Å². The molecule has 0 radical (unpaired) electrons. The lowest BCUT2D eigenvalue weighted by molar-refractivity contribution is -0.119. The number of hydrogen-bond donors (Lipinski definition) is 2. The van der Waals surface area contributed by atoms with Gasteiger partial charge < -0.3 is 11.1 Å². The van der Waals surface area contributed by atoms with Crippen molar-refractivity contribution in [2.24, 2.45) is 5.73 Å². The monoisotopic (exact) mass is 294 g/mol. The summed E-state index contributed by atoms with van der Waals surface area (Å²) in [5.41, 5.74) is 12.4. The van der Waals surface area contributed by atoms with Crippen molar-refractivity contribution in [1.82, 2.24) is 0 Å². The Morgan fingerprint density at radius 1 is 1.09 bits per heavy atom. The minimum atomic E-state index is -0.512. The van der Waals surface area contributed by atoms with Crippen molar-refractivity contribution in [3.8, 4) is 0 Å². The van der Waals surface area contributed by atoms with Gasteiger partial charge in [0, 0.05) is 5.69 Å². The number of rotatable bonds is 2. The lowest BCUT2D eigenvalue weighted by atomic mass is 9.83. The molecule has 2 aromatic carbocycles. The largest absolute Gasteiger partial charge is 0.325 e. The average Bonchev–Trinajstić information content (AvgIpc) is 2.70. The molecule has 22 heavy (non-hydrogen) atoms. The first-order valence-electron chi connectivity index (χ1n) is 7.60. The van der Waals surface area contributed by atoms with Crippen LogP contribution in [0, 0.1) is 13.8 Å². The van der Waals surface area contributed by atoms with E-state index in [-0.39, 0.29) is 11.9 Å². The third-order valence-electron chi connectivity index (χ3n) is 4.72. The minimum absolute atomic E-state index is 0.0483. The summed E-state index contributed by atoms with van der Waals surface area (Å²) < 4.78 is 0. The van der Waals surface area contributed by atoms with Crippen LogP contribution in [0.3, 0.4) is 0 Å². The second-order valence-corrected chi connectivity index (χ2v) is 6.67. The fourth-order valence-electron chi connectivity index (χ4n) is 3.16. The SMILES string of the molecule is Cc1ccccc1C(N)c1cc(C)c2c(c1)C(C)(C)C(=O)N2. The molecule has 3 rings (SSSR count). The Hall–Kier alpha value is -2.13. The Morgan fingerprint density at radius 3 is 2.45 bits per heavy atom. The maximum Gasteiger partial charge on any atom is 0.234 e. The predicted octanol–water partition coefficient (Wildman–Crippen LogP) is 3.58. The van der Waals surface area contributed by atoms with Crippen molar-refractivity contribution in [2.45, 2.75) is 39.2 Å². The molecule has 1 heterocycles. The molecule has 3 N–H and O–H groups in total. The highest BCUT2D eigenvalue weighted by molar-refractivity contribution is 6.06. The Morgan fingerprint density at radius 2 is 1.77 bits per heavy atom. The van der Waals surface area contributed by atoms with E-state index < -0.39 is 5.41 Å². The number of amides is 1. The van der Waals surface area contributed by atoms with E-state index in [1.807, 2.05) is 32.9 Å². The summed E-state index contributed by atoms with van der Waals surface area (Å²) in [5.74, 6) is 0.0483. The summed E-state index contributed by atoms with van der Waals surface area (Å²) in [6, 6.07) is 12.1. The van der Waals surface area contributed by atoms with E-state index in [1.165, 1.54) is 5.56 Å². The number of nitrogens with one attached hydrogen (secondary N) is 1. The van der Waals surface area contributed by atoms with Crippen molar-refractivity contribution in [2.75, 3.05) is 5.32 Å². The van der Waals surface area contributed by atoms with Gasteiger partial charge in [-0.2, -0.15) is 0 Å². The van der Waals surface area contributed by atoms with Crippen LogP contribution in [0.5, 0.6) is 0 Å². The second kappa shape index (κ2) is 4.96. The lowest BCUT2D eigenvalue weighted by Gasteiger charge is -2.20. The van der Waals surface area contributed by atoms with Crippen molar-refractivity contribution >= 4 is 11.6 Å². The number of carbonyl (C=O) groups excluding carboxylic acids is 1. The molecule has 1 atom stereocenters. The highest BCUT2D eigenvalue weighted by Gasteiger charge is 2.39. The molecule has 0 bridgehead atoms. The van der Waals surface area contributed by atoms with Crippen molar-refractivity contribution in [3.63, 3.8) is 0 Å². The lowest BCUT2D eigenvalue weighted by Crippen LogP contribution is -2.27. The molecule has 3 heteroatoms. The molecule has 1 amide bonds. The second-order valence-electron chi connectivity index (χ2n) is 6.67. The Kier molecular flexibility index (Phi) is 3.33. The van der Waals surface area contributed by atoms with Gasteiger partial charge in [-0.05, 0) is 55.5 Å². The average molecular weight is 294 g/mol. The molecule has 1 unspecified atom stereocenters. The van der Waals surface area contributed by atoms with Gasteiger partial charge >= 0.3 is 0 Å². The van der Waals surface area contributed by atoms with Gasteiger partial charge in [-0.3, -0.25) is 4.79 Å². The zero-order chi connectivity index (χ0) is 16.1. The molecule has 1 aliphatic rings. The molecular weight excluding hydrogens is 272 g/mol. The van der Waals surface area contributed by atoms with Gasteiger partial charge in [0.15, 0.2) is 0 Å². The van der Waals surface area contributed by atoms with Gasteiger partial charge in [0.2, 0.25) is 5.91 Å². The van der Waals surface area contributed by atoms with E-state index in [9.17, 15) is 4.79 Å². The maximum absolute atomic E-state index is 12.2. The molecule has 0 spiro atoms. The van der Waals surface area contributed by atoms with E-state index in [0.29, 0.717) is 0 Å². The zero-order valence-electron chi connectivity index (χ0n) is 13.5. The molecule has 0 saturated heterocycles. The zero-order valence-corrected chi connectivity index (χ0v) is 13.5. The molecule has 1 aliphatic heterocycles. The van der Waals surface area contributed by atoms with Crippen LogP contribution >= 0.6 is 0 Å². The molecule has 3 nitrogen and oxygen atoms in total. The Bertz CT molecular complexity index is 762. The summed E-state index contributed by atoms with van der Waals surface area (Å²) in [5, 5.41) is 2.99. The predicted molar refractivity (Wildman–Crippen MR) is 90.0 cm³/mol. The van der Waals surface area contributed by atoms with Crippen LogP contribution in [0.4, 0.5) is 5.69 Å². The highest BCUT2D eigenvalue weighted by Crippen LogP contribution is 2.41. The Labute approximate surface area is 131 Å². The third-order valence-corrected chi connectivity index (χ3v) is 4.72. The molecule has 0 fully saturated rings. The van der Waals surface area contributed by atoms with Crippen LogP contribution < -0.4 is 11.1 Å². The van der Waals surface area contributed by atoms with Gasteiger partial charge in [0.1, 0.15) is 0 Å². The highest BCUT2D eigenvalue weighted by atomic mass is 16.2. The summed E-state index contributed by atoms with van der Waals surface area (Å²) in [4.78, 5) is 12.2. The Balaban J connectivity index is 2.12. The number of aryl methyl sites for hydroxylation is 2. The third kappa shape index (κ3) is 2.13. The molecule has 0 aliphatic carbocycles. The number of fused-ring (bicyclic) bond motifs is 1. The van der Waals surface area contributed by atoms with E-state index in [1.54, 1.807) is 0 Å². The van der Waals surface area contributed by atoms with E-state index in [0.717, 1.165) is 27.9 Å². The maximum atomic E-state index is 12.2. The van der Waals surface area contributed by atoms with Crippen molar-refractivity contribution in [3.05, 3.63) is 64.2 Å². The number of hydrogen-bond acceptors (Lipinski definition) is 2. The number of benzene rings is 2. The normalized spacial score (nSPS) is 17.0. The molecule has 114 valence electrons. The topological polar surface area (TPSA) is 55.1 Å². The molecule has 0 aromatic heterocycles. The minimum Gasteiger partial charge on any atom is -0.325 e. The van der Waals surface area contributed by atoms with Gasteiger partial charge in [0.05, 0.1) is 11.5 Å². The van der Waals surface area contributed by atoms with Crippen LogP contribution in [-0.4, -0.2) is 5.91 Å². The van der Waals surface area contributed by atoms with Gasteiger partial charge in [-0.1, -0.05) is 36.4 Å². The fourth-order valence-corrected chi connectivity index (χ4v) is 3.16. The standard InChI is InChI=1S/C19H22N2O/c1-11-7-5-6-8-14(11)16(20)13-9-12(2)17-15(10-13)19(3,4)18(22)21-17/h5-10,16H,20H2,1-4H3,(H,21,22). The van der Waals surface area contributed by atoms with Crippen molar-refractivity contribution in [1.29, 1.82) is 0 Å². The van der Waals surface area contributed by atoms with Crippen LogP contribution in [0.15, 0.2) is 36.4 Å². The van der Waals surface area contributed by atoms with Gasteiger partial charge in [-0.15, -0.1) is 0 Å². The molecule has 0 saturated carbocycles. The van der Waals surface area contributed by atoms with Gasteiger partial charge in [-0.25, -0.2) is 0 Å². The number of anilines is 1. The summed E-state index contributed by atoms with van der Waals surface area (Å²) >= 11 is 0. The first kappa shape index (κ1) is 14.8. The first-order chi connectivity index (χ1) is 10.3. The number of carbonyl (C=O) groups is 1. The smallest absolute Gasteiger partial charge is 0.234 e. The number of nitrogens with two attached hydrogens (primary N) is 1. The van der Waals surface area contributed by atoms with E-state index >= 15 is 0 Å². The van der Waals surface area contributed by atoms with Crippen LogP contribution in [-0.2, 0) is 10.2 Å².